The van der Waals surface area contributed by atoms with E-state index in [0.717, 1.165) is 4.68 Å². The lowest BCUT2D eigenvalue weighted by Gasteiger charge is -2.28. The van der Waals surface area contributed by atoms with Gasteiger partial charge in [0.25, 0.3) is 5.56 Å². The fraction of sp³-hybridized carbons (Fsp3) is 0.615. The Labute approximate surface area is 121 Å². The van der Waals surface area contributed by atoms with E-state index in [1.165, 1.54) is 20.1 Å². The summed E-state index contributed by atoms with van der Waals surface area (Å²) in [6, 6.07) is 1.44. The standard InChI is InChI=1S/C13H19N3O5/c1-13(19,12(18)20-2)9-16-11(17)7-10(8-14-16)15-3-5-21-6-4-15/h7-8,19H,3-6,9H2,1-2H3. The lowest BCUT2D eigenvalue weighted by molar-refractivity contribution is -0.162. The molecule has 0 spiro atoms. The van der Waals surface area contributed by atoms with E-state index in [1.54, 1.807) is 6.20 Å². The van der Waals surface area contributed by atoms with Crippen LogP contribution in [-0.4, -0.2) is 59.9 Å². The van der Waals surface area contributed by atoms with Gasteiger partial charge in [-0.25, -0.2) is 9.48 Å². The summed E-state index contributed by atoms with van der Waals surface area (Å²) >= 11 is 0. The molecule has 116 valence electrons. The number of aromatic nitrogens is 2. The second-order valence-corrected chi connectivity index (χ2v) is 5.07. The van der Waals surface area contributed by atoms with E-state index < -0.39 is 11.6 Å². The molecule has 1 unspecified atom stereocenters. The van der Waals surface area contributed by atoms with E-state index >= 15 is 0 Å². The van der Waals surface area contributed by atoms with Crippen LogP contribution < -0.4 is 10.5 Å². The molecule has 1 fully saturated rings. The van der Waals surface area contributed by atoms with Crippen LogP contribution in [0.15, 0.2) is 17.1 Å². The molecule has 0 bridgehead atoms. The molecule has 8 heteroatoms. The van der Waals surface area contributed by atoms with Crippen molar-refractivity contribution < 1.29 is 19.4 Å². The minimum absolute atomic E-state index is 0.262. The van der Waals surface area contributed by atoms with Crippen LogP contribution in [0.4, 0.5) is 5.69 Å². The van der Waals surface area contributed by atoms with Crippen LogP contribution >= 0.6 is 0 Å². The molecule has 2 rings (SSSR count). The topological polar surface area (TPSA) is 93.9 Å². The van der Waals surface area contributed by atoms with Crippen molar-refractivity contribution in [2.24, 2.45) is 0 Å². The molecule has 0 aromatic carbocycles. The number of ether oxygens (including phenoxy) is 2. The third-order valence-corrected chi connectivity index (χ3v) is 3.31. The lowest BCUT2D eigenvalue weighted by Crippen LogP contribution is -2.44. The molecule has 1 atom stereocenters. The van der Waals surface area contributed by atoms with Crippen LogP contribution in [0, 0.1) is 0 Å². The van der Waals surface area contributed by atoms with E-state index in [-0.39, 0.29) is 12.1 Å². The van der Waals surface area contributed by atoms with Crippen molar-refractivity contribution in [1.29, 1.82) is 0 Å². The first-order valence-electron chi connectivity index (χ1n) is 6.65. The summed E-state index contributed by atoms with van der Waals surface area (Å²) in [6.07, 6.45) is 1.54. The first-order chi connectivity index (χ1) is 9.94. The highest BCUT2D eigenvalue weighted by atomic mass is 16.5. The molecule has 1 aromatic heterocycles. The Kier molecular flexibility index (Phi) is 4.59. The van der Waals surface area contributed by atoms with Crippen molar-refractivity contribution in [1.82, 2.24) is 9.78 Å². The zero-order chi connectivity index (χ0) is 15.5. The monoisotopic (exact) mass is 297 g/mol. The maximum absolute atomic E-state index is 12.1. The molecule has 0 amide bonds. The van der Waals surface area contributed by atoms with Gasteiger partial charge in [-0.15, -0.1) is 0 Å². The number of esters is 1. The number of carbonyl (C=O) groups excluding carboxylic acids is 1. The average Bonchev–Trinajstić information content (AvgIpc) is 2.49. The minimum atomic E-state index is -1.80. The zero-order valence-corrected chi connectivity index (χ0v) is 12.1. The molecule has 2 heterocycles. The highest BCUT2D eigenvalue weighted by molar-refractivity contribution is 5.78. The number of carbonyl (C=O) groups is 1. The maximum Gasteiger partial charge on any atom is 0.339 e. The fourth-order valence-corrected chi connectivity index (χ4v) is 2.11. The summed E-state index contributed by atoms with van der Waals surface area (Å²) in [6.45, 7) is 3.64. The number of rotatable bonds is 4. The maximum atomic E-state index is 12.1. The van der Waals surface area contributed by atoms with E-state index in [0.29, 0.717) is 32.0 Å². The molecule has 1 aliphatic rings. The Hall–Kier alpha value is -1.93. The van der Waals surface area contributed by atoms with Crippen LogP contribution in [0.1, 0.15) is 6.92 Å². The van der Waals surface area contributed by atoms with Crippen molar-refractivity contribution in [2.75, 3.05) is 38.3 Å². The van der Waals surface area contributed by atoms with E-state index in [9.17, 15) is 14.7 Å². The molecule has 8 nitrogen and oxygen atoms in total. The van der Waals surface area contributed by atoms with Gasteiger partial charge in [0.05, 0.1) is 38.8 Å². The second-order valence-electron chi connectivity index (χ2n) is 5.07. The molecule has 1 saturated heterocycles. The summed E-state index contributed by atoms with van der Waals surface area (Å²) in [7, 11) is 1.18. The third kappa shape index (κ3) is 3.59. The number of aliphatic hydroxyl groups is 1. The molecule has 1 aliphatic heterocycles. The Morgan fingerprint density at radius 3 is 2.76 bits per heavy atom. The molecule has 0 radical (unpaired) electrons. The van der Waals surface area contributed by atoms with Gasteiger partial charge in [-0.1, -0.05) is 0 Å². The van der Waals surface area contributed by atoms with Crippen LogP contribution in [0.5, 0.6) is 0 Å². The first-order valence-corrected chi connectivity index (χ1v) is 6.65. The highest BCUT2D eigenvalue weighted by Gasteiger charge is 2.32. The summed E-state index contributed by atoms with van der Waals surface area (Å²) < 4.78 is 10.8. The summed E-state index contributed by atoms with van der Waals surface area (Å²) in [5, 5.41) is 14.0. The smallest absolute Gasteiger partial charge is 0.339 e. The molecular formula is C13H19N3O5. The van der Waals surface area contributed by atoms with Gasteiger partial charge < -0.3 is 19.5 Å². The van der Waals surface area contributed by atoms with Crippen LogP contribution in [0.25, 0.3) is 0 Å². The number of methoxy groups -OCH3 is 1. The number of nitrogens with zero attached hydrogens (tertiary/aromatic N) is 3. The van der Waals surface area contributed by atoms with Crippen LogP contribution in [-0.2, 0) is 20.8 Å². The summed E-state index contributed by atoms with van der Waals surface area (Å²) in [5.74, 6) is -0.812. The van der Waals surface area contributed by atoms with Gasteiger partial charge >= 0.3 is 5.97 Å². The average molecular weight is 297 g/mol. The molecular weight excluding hydrogens is 278 g/mol. The number of anilines is 1. The number of morpholine rings is 1. The second kappa shape index (κ2) is 6.23. The largest absolute Gasteiger partial charge is 0.467 e. The van der Waals surface area contributed by atoms with Crippen molar-refractivity contribution in [3.8, 4) is 0 Å². The molecule has 1 N–H and O–H groups in total. The first kappa shape index (κ1) is 15.5. The van der Waals surface area contributed by atoms with E-state index in [4.69, 9.17) is 4.74 Å². The Bertz CT molecular complexity index is 563. The Morgan fingerprint density at radius 2 is 2.19 bits per heavy atom. The number of hydrogen-bond acceptors (Lipinski definition) is 7. The Morgan fingerprint density at radius 1 is 1.52 bits per heavy atom. The summed E-state index contributed by atoms with van der Waals surface area (Å²) in [4.78, 5) is 25.5. The van der Waals surface area contributed by atoms with Gasteiger partial charge in [0, 0.05) is 19.2 Å². The van der Waals surface area contributed by atoms with Gasteiger partial charge in [0.15, 0.2) is 5.60 Å². The molecule has 0 saturated carbocycles. The van der Waals surface area contributed by atoms with Crippen molar-refractivity contribution >= 4 is 11.7 Å². The molecule has 1 aromatic rings. The van der Waals surface area contributed by atoms with E-state index in [1.807, 2.05) is 4.90 Å². The normalized spacial score (nSPS) is 18.1. The SMILES string of the molecule is COC(=O)C(C)(O)Cn1ncc(N2CCOCC2)cc1=O. The van der Waals surface area contributed by atoms with Gasteiger partial charge in [-0.3, -0.25) is 4.79 Å². The van der Waals surface area contributed by atoms with Crippen molar-refractivity contribution in [2.45, 2.75) is 19.1 Å². The minimum Gasteiger partial charge on any atom is -0.467 e. The lowest BCUT2D eigenvalue weighted by atomic mass is 10.1. The molecule has 0 aliphatic carbocycles. The number of hydrogen-bond donors (Lipinski definition) is 1. The Balaban J connectivity index is 2.16. The predicted octanol–water partition coefficient (Wildman–Crippen LogP) is -0.996. The fourth-order valence-electron chi connectivity index (χ4n) is 2.11. The van der Waals surface area contributed by atoms with E-state index in [2.05, 4.69) is 9.84 Å². The summed E-state index contributed by atoms with van der Waals surface area (Å²) in [5.41, 5.74) is -1.48. The van der Waals surface area contributed by atoms with Gasteiger partial charge in [0.2, 0.25) is 0 Å². The zero-order valence-electron chi connectivity index (χ0n) is 12.1. The molecule has 21 heavy (non-hydrogen) atoms. The van der Waals surface area contributed by atoms with Crippen LogP contribution in [0.3, 0.4) is 0 Å². The third-order valence-electron chi connectivity index (χ3n) is 3.31. The predicted molar refractivity (Wildman–Crippen MR) is 74.2 cm³/mol. The van der Waals surface area contributed by atoms with Gasteiger partial charge in [0.1, 0.15) is 0 Å². The van der Waals surface area contributed by atoms with Crippen LogP contribution in [0.2, 0.25) is 0 Å². The van der Waals surface area contributed by atoms with Crippen molar-refractivity contribution in [3.63, 3.8) is 0 Å². The quantitative estimate of drug-likeness (QED) is 0.713. The van der Waals surface area contributed by atoms with Gasteiger partial charge in [-0.2, -0.15) is 5.10 Å². The highest BCUT2D eigenvalue weighted by Crippen LogP contribution is 2.12. The van der Waals surface area contributed by atoms with Crippen molar-refractivity contribution in [3.05, 3.63) is 22.6 Å². The van der Waals surface area contributed by atoms with Gasteiger partial charge in [-0.05, 0) is 6.92 Å².